The average molecular weight is 292 g/mol. The van der Waals surface area contributed by atoms with Crippen LogP contribution in [0.15, 0.2) is 18.7 Å². The average Bonchev–Trinajstić information content (AvgIpc) is 2.99. The largest absolute Gasteiger partial charge is 0.356 e. The Hall–Kier alpha value is -1.36. The van der Waals surface area contributed by atoms with Crippen molar-refractivity contribution in [3.63, 3.8) is 0 Å². The molecule has 1 saturated heterocycles. The molecule has 118 valence electrons. The highest BCUT2D eigenvalue weighted by atomic mass is 16.1. The Morgan fingerprint density at radius 3 is 2.86 bits per heavy atom. The molecule has 1 amide bonds. The van der Waals surface area contributed by atoms with Crippen LogP contribution >= 0.6 is 0 Å². The lowest BCUT2D eigenvalue weighted by Gasteiger charge is -2.28. The Balaban J connectivity index is 1.64. The van der Waals surface area contributed by atoms with Gasteiger partial charge in [-0.25, -0.2) is 4.98 Å². The third-order valence-corrected chi connectivity index (χ3v) is 4.43. The summed E-state index contributed by atoms with van der Waals surface area (Å²) in [6.07, 6.45) is 8.61. The van der Waals surface area contributed by atoms with E-state index >= 15 is 0 Å². The van der Waals surface area contributed by atoms with Gasteiger partial charge in [0, 0.05) is 31.9 Å². The summed E-state index contributed by atoms with van der Waals surface area (Å²) in [6, 6.07) is 0. The van der Waals surface area contributed by atoms with Crippen LogP contribution < -0.4 is 10.6 Å². The molecule has 1 aromatic rings. The number of carbonyl (C=O) groups is 1. The first-order chi connectivity index (χ1) is 10.1. The second-order valence-electron chi connectivity index (χ2n) is 6.44. The van der Waals surface area contributed by atoms with Crippen molar-refractivity contribution < 1.29 is 4.79 Å². The van der Waals surface area contributed by atoms with E-state index in [-0.39, 0.29) is 5.91 Å². The molecule has 0 bridgehead atoms. The van der Waals surface area contributed by atoms with Crippen LogP contribution in [0.25, 0.3) is 0 Å². The van der Waals surface area contributed by atoms with Crippen LogP contribution in [-0.4, -0.2) is 35.1 Å². The van der Waals surface area contributed by atoms with E-state index in [4.69, 9.17) is 0 Å². The molecule has 1 aromatic heterocycles. The number of imidazole rings is 1. The van der Waals surface area contributed by atoms with Crippen LogP contribution in [0.1, 0.15) is 33.1 Å². The summed E-state index contributed by atoms with van der Waals surface area (Å²) in [4.78, 5) is 16.1. The molecule has 5 nitrogen and oxygen atoms in total. The third kappa shape index (κ3) is 5.50. The predicted octanol–water partition coefficient (Wildman–Crippen LogP) is 1.66. The topological polar surface area (TPSA) is 59.0 Å². The second-order valence-corrected chi connectivity index (χ2v) is 6.44. The number of amides is 1. The van der Waals surface area contributed by atoms with Crippen LogP contribution in [0.4, 0.5) is 0 Å². The lowest BCUT2D eigenvalue weighted by atomic mass is 9.84. The second kappa shape index (κ2) is 8.17. The monoisotopic (exact) mass is 292 g/mol. The van der Waals surface area contributed by atoms with Crippen molar-refractivity contribution >= 4 is 5.91 Å². The zero-order chi connectivity index (χ0) is 15.1. The Kier molecular flexibility index (Phi) is 6.23. The van der Waals surface area contributed by atoms with Gasteiger partial charge in [0.25, 0.3) is 0 Å². The fourth-order valence-corrected chi connectivity index (χ4v) is 3.05. The van der Waals surface area contributed by atoms with Crippen molar-refractivity contribution in [3.05, 3.63) is 18.7 Å². The molecule has 2 rings (SSSR count). The molecule has 0 aliphatic carbocycles. The molecular formula is C16H28N4O. The molecule has 0 spiro atoms. The van der Waals surface area contributed by atoms with Crippen LogP contribution in [-0.2, 0) is 11.3 Å². The molecule has 2 atom stereocenters. The summed E-state index contributed by atoms with van der Waals surface area (Å²) >= 11 is 0. The van der Waals surface area contributed by atoms with E-state index in [1.807, 2.05) is 12.5 Å². The summed E-state index contributed by atoms with van der Waals surface area (Å²) < 4.78 is 2.05. The highest BCUT2D eigenvalue weighted by molar-refractivity contribution is 5.76. The van der Waals surface area contributed by atoms with E-state index in [1.165, 1.54) is 12.8 Å². The normalized spacial score (nSPS) is 19.1. The van der Waals surface area contributed by atoms with Crippen molar-refractivity contribution in [2.24, 2.45) is 17.8 Å². The van der Waals surface area contributed by atoms with Crippen molar-refractivity contribution in [3.8, 4) is 0 Å². The molecule has 1 fully saturated rings. The van der Waals surface area contributed by atoms with E-state index in [0.29, 0.717) is 24.2 Å². The molecule has 2 N–H and O–H groups in total. The van der Waals surface area contributed by atoms with Gasteiger partial charge in [-0.3, -0.25) is 4.79 Å². The lowest BCUT2D eigenvalue weighted by Crippen LogP contribution is -2.35. The first kappa shape index (κ1) is 16.0. The summed E-state index contributed by atoms with van der Waals surface area (Å²) in [6.45, 7) is 8.18. The van der Waals surface area contributed by atoms with Gasteiger partial charge in [-0.15, -0.1) is 0 Å². The van der Waals surface area contributed by atoms with Crippen molar-refractivity contribution in [2.45, 2.75) is 39.7 Å². The molecule has 0 radical (unpaired) electrons. The van der Waals surface area contributed by atoms with Crippen LogP contribution in [0.3, 0.4) is 0 Å². The number of carbonyl (C=O) groups excluding carboxylic acids is 1. The van der Waals surface area contributed by atoms with Crippen molar-refractivity contribution in [1.82, 2.24) is 20.2 Å². The smallest absolute Gasteiger partial charge is 0.220 e. The van der Waals surface area contributed by atoms with Gasteiger partial charge in [-0.05, 0) is 43.7 Å². The summed E-state index contributed by atoms with van der Waals surface area (Å²) in [7, 11) is 0. The summed E-state index contributed by atoms with van der Waals surface area (Å²) in [5.41, 5.74) is 0. The fraction of sp³-hybridized carbons (Fsp3) is 0.750. The van der Waals surface area contributed by atoms with E-state index < -0.39 is 0 Å². The molecule has 1 aliphatic rings. The van der Waals surface area contributed by atoms with Gasteiger partial charge in [0.1, 0.15) is 0 Å². The fourth-order valence-electron chi connectivity index (χ4n) is 3.05. The minimum Gasteiger partial charge on any atom is -0.356 e. The maximum atomic E-state index is 12.1. The van der Waals surface area contributed by atoms with E-state index in [1.54, 1.807) is 6.20 Å². The Labute approximate surface area is 127 Å². The molecule has 21 heavy (non-hydrogen) atoms. The number of piperidine rings is 1. The van der Waals surface area contributed by atoms with Gasteiger partial charge >= 0.3 is 0 Å². The number of hydrogen-bond donors (Lipinski definition) is 2. The quantitative estimate of drug-likeness (QED) is 0.803. The summed E-state index contributed by atoms with van der Waals surface area (Å²) in [5, 5.41) is 6.45. The Morgan fingerprint density at radius 1 is 1.43 bits per heavy atom. The lowest BCUT2D eigenvalue weighted by molar-refractivity contribution is -0.122. The minimum atomic E-state index is 0.193. The maximum Gasteiger partial charge on any atom is 0.220 e. The SMILES string of the molecule is CC(CNC(=O)CC(C)C1CCNCC1)Cn1ccnc1. The van der Waals surface area contributed by atoms with Gasteiger partial charge in [0.05, 0.1) is 6.33 Å². The van der Waals surface area contributed by atoms with Crippen molar-refractivity contribution in [1.29, 1.82) is 0 Å². The molecule has 2 unspecified atom stereocenters. The molecule has 0 aromatic carbocycles. The Morgan fingerprint density at radius 2 is 2.19 bits per heavy atom. The van der Waals surface area contributed by atoms with E-state index in [0.717, 1.165) is 26.2 Å². The maximum absolute atomic E-state index is 12.1. The summed E-state index contributed by atoms with van der Waals surface area (Å²) in [5.74, 6) is 1.78. The Bertz CT molecular complexity index is 412. The first-order valence-electron chi connectivity index (χ1n) is 8.08. The zero-order valence-electron chi connectivity index (χ0n) is 13.2. The van der Waals surface area contributed by atoms with E-state index in [9.17, 15) is 4.79 Å². The van der Waals surface area contributed by atoms with Gasteiger partial charge in [-0.2, -0.15) is 0 Å². The number of aromatic nitrogens is 2. The highest BCUT2D eigenvalue weighted by Gasteiger charge is 2.22. The number of nitrogens with zero attached hydrogens (tertiary/aromatic N) is 2. The third-order valence-electron chi connectivity index (χ3n) is 4.43. The molecular weight excluding hydrogens is 264 g/mol. The van der Waals surface area contributed by atoms with Crippen LogP contribution in [0.2, 0.25) is 0 Å². The predicted molar refractivity (Wildman–Crippen MR) is 83.8 cm³/mol. The van der Waals surface area contributed by atoms with Gasteiger partial charge < -0.3 is 15.2 Å². The number of hydrogen-bond acceptors (Lipinski definition) is 3. The van der Waals surface area contributed by atoms with Gasteiger partial charge in [0.15, 0.2) is 0 Å². The minimum absolute atomic E-state index is 0.193. The van der Waals surface area contributed by atoms with Crippen LogP contribution in [0, 0.1) is 17.8 Å². The van der Waals surface area contributed by atoms with Gasteiger partial charge in [-0.1, -0.05) is 13.8 Å². The number of nitrogens with one attached hydrogen (secondary N) is 2. The standard InChI is InChI=1S/C16H28N4O/c1-13(11-20-8-7-18-12-20)10-19-16(21)9-14(2)15-3-5-17-6-4-15/h7-8,12-15,17H,3-6,9-11H2,1-2H3,(H,19,21). The highest BCUT2D eigenvalue weighted by Crippen LogP contribution is 2.24. The first-order valence-corrected chi connectivity index (χ1v) is 8.08. The van der Waals surface area contributed by atoms with Crippen LogP contribution in [0.5, 0.6) is 0 Å². The van der Waals surface area contributed by atoms with Crippen molar-refractivity contribution in [2.75, 3.05) is 19.6 Å². The van der Waals surface area contributed by atoms with E-state index in [2.05, 4.69) is 34.0 Å². The molecule has 0 saturated carbocycles. The molecule has 5 heteroatoms. The molecule has 1 aliphatic heterocycles. The molecule has 2 heterocycles. The zero-order valence-corrected chi connectivity index (χ0v) is 13.2. The number of rotatable bonds is 7. The van der Waals surface area contributed by atoms with Gasteiger partial charge in [0.2, 0.25) is 5.91 Å².